The highest BCUT2D eigenvalue weighted by atomic mass is 16.3. The first-order valence-electron chi connectivity index (χ1n) is 5.10. The van der Waals surface area contributed by atoms with Crippen LogP contribution in [0.4, 0.5) is 5.82 Å². The zero-order valence-corrected chi connectivity index (χ0v) is 8.43. The van der Waals surface area contributed by atoms with Crippen LogP contribution in [0.2, 0.25) is 0 Å². The third-order valence-corrected chi connectivity index (χ3v) is 2.57. The second kappa shape index (κ2) is 4.28. The topological polar surface area (TPSA) is 60.2 Å². The lowest BCUT2D eigenvalue weighted by Crippen LogP contribution is -2.38. The highest BCUT2D eigenvalue weighted by Crippen LogP contribution is 2.17. The first-order chi connectivity index (χ1) is 7.29. The minimum atomic E-state index is -0.272. The van der Waals surface area contributed by atoms with Gasteiger partial charge in [-0.2, -0.15) is 5.26 Å². The monoisotopic (exact) mass is 203 g/mol. The molecule has 2 rings (SSSR count). The molecule has 1 N–H and O–H groups in total. The summed E-state index contributed by atoms with van der Waals surface area (Å²) in [6.07, 6.45) is 1.56. The Bertz CT molecular complexity index is 386. The molecule has 78 valence electrons. The zero-order valence-electron chi connectivity index (χ0n) is 8.43. The largest absolute Gasteiger partial charge is 0.391 e. The first kappa shape index (κ1) is 9.94. The summed E-state index contributed by atoms with van der Waals surface area (Å²) in [5, 5.41) is 18.3. The van der Waals surface area contributed by atoms with Crippen LogP contribution in [0, 0.1) is 11.3 Å². The summed E-state index contributed by atoms with van der Waals surface area (Å²) in [7, 11) is 0. The molecule has 15 heavy (non-hydrogen) atoms. The fourth-order valence-electron chi connectivity index (χ4n) is 1.82. The molecule has 1 aromatic heterocycles. The molecule has 4 nitrogen and oxygen atoms in total. The number of nitrogens with zero attached hydrogens (tertiary/aromatic N) is 3. The fraction of sp³-hybridized carbons (Fsp3) is 0.455. The van der Waals surface area contributed by atoms with Crippen molar-refractivity contribution in [1.29, 1.82) is 5.26 Å². The van der Waals surface area contributed by atoms with Crippen molar-refractivity contribution < 1.29 is 5.11 Å². The van der Waals surface area contributed by atoms with Gasteiger partial charge in [-0.25, -0.2) is 4.98 Å². The summed E-state index contributed by atoms with van der Waals surface area (Å²) in [5.74, 6) is 0.785. The van der Waals surface area contributed by atoms with Crippen LogP contribution >= 0.6 is 0 Å². The van der Waals surface area contributed by atoms with Gasteiger partial charge in [-0.1, -0.05) is 6.07 Å². The molecule has 2 heterocycles. The molecule has 0 amide bonds. The summed E-state index contributed by atoms with van der Waals surface area (Å²) < 4.78 is 0. The van der Waals surface area contributed by atoms with E-state index in [0.717, 1.165) is 25.2 Å². The normalized spacial score (nSPS) is 21.1. The molecule has 1 aliphatic heterocycles. The van der Waals surface area contributed by atoms with Crippen molar-refractivity contribution in [3.63, 3.8) is 0 Å². The van der Waals surface area contributed by atoms with Crippen LogP contribution in [0.25, 0.3) is 0 Å². The van der Waals surface area contributed by atoms with E-state index in [1.165, 1.54) is 0 Å². The molecule has 0 spiro atoms. The van der Waals surface area contributed by atoms with E-state index in [-0.39, 0.29) is 6.10 Å². The van der Waals surface area contributed by atoms with Crippen LogP contribution < -0.4 is 4.90 Å². The third-order valence-electron chi connectivity index (χ3n) is 2.57. The zero-order chi connectivity index (χ0) is 10.7. The molecule has 0 bridgehead atoms. The number of hydrogen-bond donors (Lipinski definition) is 1. The van der Waals surface area contributed by atoms with Crippen LogP contribution in [0.1, 0.15) is 18.5 Å². The minimum Gasteiger partial charge on any atom is -0.391 e. The Labute approximate surface area is 88.8 Å². The van der Waals surface area contributed by atoms with Gasteiger partial charge in [-0.15, -0.1) is 0 Å². The molecule has 0 radical (unpaired) electrons. The van der Waals surface area contributed by atoms with E-state index in [1.54, 1.807) is 6.07 Å². The molecule has 4 heteroatoms. The van der Waals surface area contributed by atoms with Gasteiger partial charge in [0.15, 0.2) is 0 Å². The van der Waals surface area contributed by atoms with Gasteiger partial charge in [0, 0.05) is 13.1 Å². The van der Waals surface area contributed by atoms with E-state index < -0.39 is 0 Å². The van der Waals surface area contributed by atoms with Crippen LogP contribution in [0.5, 0.6) is 0 Å². The summed E-state index contributed by atoms with van der Waals surface area (Å²) >= 11 is 0. The molecule has 0 aliphatic carbocycles. The molecule has 1 saturated heterocycles. The van der Waals surface area contributed by atoms with Crippen molar-refractivity contribution in [3.05, 3.63) is 23.9 Å². The number of aliphatic hydroxyl groups is 1. The molecule has 0 aromatic carbocycles. The van der Waals surface area contributed by atoms with Crippen molar-refractivity contribution in [2.45, 2.75) is 18.9 Å². The standard InChI is InChI=1S/C11H13N3O/c12-7-9-3-1-5-11(13-9)14-6-2-4-10(15)8-14/h1,3,5,10,15H,2,4,6,8H2. The van der Waals surface area contributed by atoms with Gasteiger partial charge in [0.1, 0.15) is 17.6 Å². The highest BCUT2D eigenvalue weighted by Gasteiger charge is 2.18. The Morgan fingerprint density at radius 3 is 3.13 bits per heavy atom. The van der Waals surface area contributed by atoms with Crippen LogP contribution in [-0.4, -0.2) is 29.3 Å². The van der Waals surface area contributed by atoms with Gasteiger partial charge in [-0.05, 0) is 25.0 Å². The van der Waals surface area contributed by atoms with Crippen molar-refractivity contribution in [1.82, 2.24) is 4.98 Å². The Hall–Kier alpha value is -1.60. The summed E-state index contributed by atoms with van der Waals surface area (Å²) in [6.45, 7) is 1.51. The lowest BCUT2D eigenvalue weighted by molar-refractivity contribution is 0.154. The van der Waals surface area contributed by atoms with Crippen molar-refractivity contribution >= 4 is 5.82 Å². The maximum absolute atomic E-state index is 9.53. The lowest BCUT2D eigenvalue weighted by Gasteiger charge is -2.30. The molecule has 1 aliphatic rings. The average Bonchev–Trinajstić information content (AvgIpc) is 2.29. The summed E-state index contributed by atoms with van der Waals surface area (Å²) in [6, 6.07) is 7.40. The van der Waals surface area contributed by atoms with E-state index in [0.29, 0.717) is 12.2 Å². The molecule has 1 unspecified atom stereocenters. The number of rotatable bonds is 1. The van der Waals surface area contributed by atoms with E-state index in [9.17, 15) is 5.11 Å². The molecular formula is C11H13N3O. The number of β-amino-alcohol motifs (C(OH)–C–C–N with tert-alkyl or cyclic N) is 1. The minimum absolute atomic E-state index is 0.272. The number of nitriles is 1. The van der Waals surface area contributed by atoms with Crippen molar-refractivity contribution in [3.8, 4) is 6.07 Å². The quantitative estimate of drug-likeness (QED) is 0.737. The Kier molecular flexibility index (Phi) is 2.84. The van der Waals surface area contributed by atoms with E-state index in [4.69, 9.17) is 5.26 Å². The van der Waals surface area contributed by atoms with Crippen LogP contribution in [0.15, 0.2) is 18.2 Å². The maximum atomic E-state index is 9.53. The van der Waals surface area contributed by atoms with Crippen molar-refractivity contribution in [2.75, 3.05) is 18.0 Å². The smallest absolute Gasteiger partial charge is 0.142 e. The number of pyridine rings is 1. The fourth-order valence-corrected chi connectivity index (χ4v) is 1.82. The Morgan fingerprint density at radius 1 is 1.53 bits per heavy atom. The van der Waals surface area contributed by atoms with Crippen molar-refractivity contribution in [2.24, 2.45) is 0 Å². The van der Waals surface area contributed by atoms with Crippen LogP contribution in [0.3, 0.4) is 0 Å². The maximum Gasteiger partial charge on any atom is 0.142 e. The van der Waals surface area contributed by atoms with E-state index in [1.807, 2.05) is 23.1 Å². The molecule has 1 atom stereocenters. The second-order valence-corrected chi connectivity index (χ2v) is 3.73. The number of piperidine rings is 1. The lowest BCUT2D eigenvalue weighted by atomic mass is 10.1. The predicted octanol–water partition coefficient (Wildman–Crippen LogP) is 0.914. The molecule has 1 aromatic rings. The Morgan fingerprint density at radius 2 is 2.40 bits per heavy atom. The number of hydrogen-bond acceptors (Lipinski definition) is 4. The second-order valence-electron chi connectivity index (χ2n) is 3.73. The van der Waals surface area contributed by atoms with Gasteiger partial charge in [0.05, 0.1) is 6.10 Å². The molecule has 0 saturated carbocycles. The number of aliphatic hydroxyl groups excluding tert-OH is 1. The van der Waals surface area contributed by atoms with Gasteiger partial charge in [0.25, 0.3) is 0 Å². The van der Waals surface area contributed by atoms with Gasteiger partial charge in [-0.3, -0.25) is 0 Å². The molecule has 1 fully saturated rings. The summed E-state index contributed by atoms with van der Waals surface area (Å²) in [4.78, 5) is 6.23. The van der Waals surface area contributed by atoms with Gasteiger partial charge in [0.2, 0.25) is 0 Å². The van der Waals surface area contributed by atoms with Gasteiger partial charge >= 0.3 is 0 Å². The SMILES string of the molecule is N#Cc1cccc(N2CCCC(O)C2)n1. The van der Waals surface area contributed by atoms with Gasteiger partial charge < -0.3 is 10.0 Å². The first-order valence-corrected chi connectivity index (χ1v) is 5.10. The number of aromatic nitrogens is 1. The van der Waals surface area contributed by atoms with E-state index in [2.05, 4.69) is 4.98 Å². The van der Waals surface area contributed by atoms with E-state index >= 15 is 0 Å². The summed E-state index contributed by atoms with van der Waals surface area (Å²) in [5.41, 5.74) is 0.424. The predicted molar refractivity (Wildman–Crippen MR) is 56.4 cm³/mol. The molecular weight excluding hydrogens is 190 g/mol. The Balaban J connectivity index is 2.18. The average molecular weight is 203 g/mol. The number of anilines is 1. The highest BCUT2D eigenvalue weighted by molar-refractivity contribution is 5.42. The third kappa shape index (κ3) is 2.25. The van der Waals surface area contributed by atoms with Crippen LogP contribution in [-0.2, 0) is 0 Å².